The number of aliphatic carboxylic acids is 1. The Balaban J connectivity index is 1.81. The zero-order valence-electron chi connectivity index (χ0n) is 11.0. The zero-order valence-corrected chi connectivity index (χ0v) is 11.0. The fourth-order valence-corrected chi connectivity index (χ4v) is 2.67. The van der Waals surface area contributed by atoms with Crippen molar-refractivity contribution in [2.45, 2.75) is 38.2 Å². The van der Waals surface area contributed by atoms with Crippen LogP contribution in [0.25, 0.3) is 0 Å². The molecule has 102 valence electrons. The van der Waals surface area contributed by atoms with Gasteiger partial charge < -0.3 is 10.2 Å². The van der Waals surface area contributed by atoms with E-state index in [2.05, 4.69) is 12.1 Å². The standard InChI is InChI=1S/C16H20O3/c17-15(13-9-5-10-14(13)16(18)19)11-4-8-12-6-2-1-3-7-12/h1-3,6-7,9,14-15,17H,4-5,8,10-11H2,(H,18,19)/t14-,15-/m1/s1. The topological polar surface area (TPSA) is 57.5 Å². The maximum atomic E-state index is 11.1. The number of carboxylic acid groups (broad SMARTS) is 1. The lowest BCUT2D eigenvalue weighted by molar-refractivity contribution is -0.140. The summed E-state index contributed by atoms with van der Waals surface area (Å²) in [5.41, 5.74) is 1.96. The molecule has 1 aromatic rings. The lowest BCUT2D eigenvalue weighted by Crippen LogP contribution is -2.21. The van der Waals surface area contributed by atoms with Gasteiger partial charge in [-0.3, -0.25) is 4.79 Å². The first kappa shape index (κ1) is 13.8. The lowest BCUT2D eigenvalue weighted by atomic mass is 9.93. The predicted molar refractivity (Wildman–Crippen MR) is 73.8 cm³/mol. The van der Waals surface area contributed by atoms with Gasteiger partial charge in [0.25, 0.3) is 0 Å². The van der Waals surface area contributed by atoms with Crippen LogP contribution in [0.2, 0.25) is 0 Å². The molecule has 3 nitrogen and oxygen atoms in total. The second-order valence-electron chi connectivity index (χ2n) is 5.07. The van der Waals surface area contributed by atoms with Crippen LogP contribution in [0.4, 0.5) is 0 Å². The number of carboxylic acids is 1. The molecule has 1 aliphatic carbocycles. The van der Waals surface area contributed by atoms with Gasteiger partial charge in [0.1, 0.15) is 0 Å². The summed E-state index contributed by atoms with van der Waals surface area (Å²) in [4.78, 5) is 11.1. The van der Waals surface area contributed by atoms with Gasteiger partial charge in [-0.1, -0.05) is 36.4 Å². The van der Waals surface area contributed by atoms with Crippen molar-refractivity contribution in [3.8, 4) is 0 Å². The number of rotatable bonds is 6. The summed E-state index contributed by atoms with van der Waals surface area (Å²) in [6.45, 7) is 0. The van der Waals surface area contributed by atoms with E-state index in [0.29, 0.717) is 18.4 Å². The average molecular weight is 260 g/mol. The maximum absolute atomic E-state index is 11.1. The zero-order chi connectivity index (χ0) is 13.7. The molecule has 0 radical (unpaired) electrons. The van der Waals surface area contributed by atoms with Crippen LogP contribution in [-0.4, -0.2) is 22.3 Å². The molecule has 0 fully saturated rings. The third-order valence-electron chi connectivity index (χ3n) is 3.71. The van der Waals surface area contributed by atoms with Gasteiger partial charge in [0.05, 0.1) is 12.0 Å². The Bertz CT molecular complexity index is 450. The summed E-state index contributed by atoms with van der Waals surface area (Å²) in [5.74, 6) is -1.29. The summed E-state index contributed by atoms with van der Waals surface area (Å²) in [7, 11) is 0. The van der Waals surface area contributed by atoms with Gasteiger partial charge in [-0.05, 0) is 43.2 Å². The van der Waals surface area contributed by atoms with Crippen molar-refractivity contribution in [1.82, 2.24) is 0 Å². The van der Waals surface area contributed by atoms with Gasteiger partial charge in [-0.15, -0.1) is 0 Å². The van der Waals surface area contributed by atoms with Gasteiger partial charge in [-0.2, -0.15) is 0 Å². The maximum Gasteiger partial charge on any atom is 0.310 e. The highest BCUT2D eigenvalue weighted by Crippen LogP contribution is 2.30. The quantitative estimate of drug-likeness (QED) is 0.773. The molecule has 1 aliphatic rings. The number of benzene rings is 1. The van der Waals surface area contributed by atoms with Crippen molar-refractivity contribution < 1.29 is 15.0 Å². The first-order valence-corrected chi connectivity index (χ1v) is 6.83. The third kappa shape index (κ3) is 3.67. The van der Waals surface area contributed by atoms with Crippen LogP contribution in [0.1, 0.15) is 31.2 Å². The summed E-state index contributed by atoms with van der Waals surface area (Å²) in [5, 5.41) is 19.2. The molecule has 0 spiro atoms. The fraction of sp³-hybridized carbons (Fsp3) is 0.438. The van der Waals surface area contributed by atoms with E-state index in [0.717, 1.165) is 19.3 Å². The Hall–Kier alpha value is -1.61. The molecular formula is C16H20O3. The van der Waals surface area contributed by atoms with Crippen LogP contribution in [0.3, 0.4) is 0 Å². The van der Waals surface area contributed by atoms with Gasteiger partial charge in [-0.25, -0.2) is 0 Å². The Morgan fingerprint density at radius 1 is 1.32 bits per heavy atom. The minimum absolute atomic E-state index is 0.480. The molecule has 0 saturated heterocycles. The molecule has 2 rings (SSSR count). The largest absolute Gasteiger partial charge is 0.481 e. The van der Waals surface area contributed by atoms with Crippen molar-refractivity contribution in [1.29, 1.82) is 0 Å². The minimum atomic E-state index is -0.814. The highest BCUT2D eigenvalue weighted by molar-refractivity contribution is 5.74. The molecule has 19 heavy (non-hydrogen) atoms. The molecule has 2 atom stereocenters. The second kappa shape index (κ2) is 6.53. The molecule has 0 unspecified atom stereocenters. The first-order chi connectivity index (χ1) is 9.18. The van der Waals surface area contributed by atoms with Gasteiger partial charge in [0, 0.05) is 0 Å². The number of hydrogen-bond donors (Lipinski definition) is 2. The highest BCUT2D eigenvalue weighted by Gasteiger charge is 2.29. The molecule has 0 aliphatic heterocycles. The van der Waals surface area contributed by atoms with Crippen molar-refractivity contribution >= 4 is 5.97 Å². The van der Waals surface area contributed by atoms with E-state index in [4.69, 9.17) is 5.11 Å². The Kier molecular flexibility index (Phi) is 4.74. The average Bonchev–Trinajstić information content (AvgIpc) is 2.89. The molecular weight excluding hydrogens is 240 g/mol. The summed E-state index contributed by atoms with van der Waals surface area (Å²) < 4.78 is 0. The van der Waals surface area contributed by atoms with E-state index < -0.39 is 18.0 Å². The molecule has 2 N–H and O–H groups in total. The van der Waals surface area contributed by atoms with Gasteiger partial charge >= 0.3 is 5.97 Å². The van der Waals surface area contributed by atoms with Gasteiger partial charge in [0.15, 0.2) is 0 Å². The number of aliphatic hydroxyl groups is 1. The number of aryl methyl sites for hydroxylation is 1. The summed E-state index contributed by atoms with van der Waals surface area (Å²) >= 11 is 0. The monoisotopic (exact) mass is 260 g/mol. The summed E-state index contributed by atoms with van der Waals surface area (Å²) in [6.07, 6.45) is 5.10. The van der Waals surface area contributed by atoms with Crippen molar-refractivity contribution in [3.63, 3.8) is 0 Å². The molecule has 0 saturated carbocycles. The Morgan fingerprint density at radius 2 is 2.05 bits per heavy atom. The molecule has 0 bridgehead atoms. The number of allylic oxidation sites excluding steroid dienone is 1. The Morgan fingerprint density at radius 3 is 2.74 bits per heavy atom. The minimum Gasteiger partial charge on any atom is -0.481 e. The Labute approximate surface area is 113 Å². The van der Waals surface area contributed by atoms with Gasteiger partial charge in [0.2, 0.25) is 0 Å². The van der Waals surface area contributed by atoms with Crippen molar-refractivity contribution in [2.24, 2.45) is 5.92 Å². The van der Waals surface area contributed by atoms with E-state index in [1.54, 1.807) is 0 Å². The van der Waals surface area contributed by atoms with Crippen molar-refractivity contribution in [3.05, 3.63) is 47.5 Å². The van der Waals surface area contributed by atoms with E-state index in [-0.39, 0.29) is 0 Å². The molecule has 0 heterocycles. The fourth-order valence-electron chi connectivity index (χ4n) is 2.67. The first-order valence-electron chi connectivity index (χ1n) is 6.83. The molecule has 0 amide bonds. The smallest absolute Gasteiger partial charge is 0.310 e. The van der Waals surface area contributed by atoms with E-state index in [9.17, 15) is 9.90 Å². The highest BCUT2D eigenvalue weighted by atomic mass is 16.4. The normalized spacial score (nSPS) is 20.1. The van der Waals surface area contributed by atoms with E-state index >= 15 is 0 Å². The van der Waals surface area contributed by atoms with Crippen LogP contribution >= 0.6 is 0 Å². The van der Waals surface area contributed by atoms with Crippen LogP contribution in [0, 0.1) is 5.92 Å². The summed E-state index contributed by atoms with van der Waals surface area (Å²) in [6, 6.07) is 10.1. The van der Waals surface area contributed by atoms with E-state index in [1.807, 2.05) is 24.3 Å². The molecule has 3 heteroatoms. The van der Waals surface area contributed by atoms with Crippen LogP contribution in [0.5, 0.6) is 0 Å². The predicted octanol–water partition coefficient (Wildman–Crippen LogP) is 2.79. The van der Waals surface area contributed by atoms with Crippen LogP contribution < -0.4 is 0 Å². The number of carbonyl (C=O) groups is 1. The second-order valence-corrected chi connectivity index (χ2v) is 5.07. The lowest BCUT2D eigenvalue weighted by Gasteiger charge is -2.16. The molecule has 0 aromatic heterocycles. The van der Waals surface area contributed by atoms with Crippen molar-refractivity contribution in [2.75, 3.05) is 0 Å². The SMILES string of the molecule is O=C(O)[C@@H]1CCC=C1[C@H](O)CCCc1ccccc1. The van der Waals surface area contributed by atoms with Crippen LogP contribution in [0.15, 0.2) is 42.0 Å². The number of hydrogen-bond acceptors (Lipinski definition) is 2. The van der Waals surface area contributed by atoms with E-state index in [1.165, 1.54) is 5.56 Å². The third-order valence-corrected chi connectivity index (χ3v) is 3.71. The molecule has 1 aromatic carbocycles. The van der Waals surface area contributed by atoms with Crippen LogP contribution in [-0.2, 0) is 11.2 Å². The number of aliphatic hydroxyl groups excluding tert-OH is 1.